The number of carbonyl (C=O) groups excluding carboxylic acids is 1. The molecule has 0 saturated carbocycles. The van der Waals surface area contributed by atoms with E-state index in [4.69, 9.17) is 4.42 Å². The minimum atomic E-state index is -0.266. The number of amides is 1. The van der Waals surface area contributed by atoms with Crippen molar-refractivity contribution in [2.45, 2.75) is 33.2 Å². The van der Waals surface area contributed by atoms with Crippen LogP contribution in [0.25, 0.3) is 0 Å². The molecule has 8 heteroatoms. The molecule has 30 heavy (non-hydrogen) atoms. The molecule has 0 aliphatic carbocycles. The largest absolute Gasteiger partial charge is 0.459 e. The quantitative estimate of drug-likeness (QED) is 0.380. The van der Waals surface area contributed by atoms with Crippen LogP contribution in [0.15, 0.2) is 51.8 Å². The van der Waals surface area contributed by atoms with Gasteiger partial charge in [-0.2, -0.15) is 11.3 Å². The summed E-state index contributed by atoms with van der Waals surface area (Å²) in [6.45, 7) is 6.01. The number of hydrogen-bond acceptors (Lipinski definition) is 7. The van der Waals surface area contributed by atoms with Crippen molar-refractivity contribution in [3.63, 3.8) is 0 Å². The summed E-state index contributed by atoms with van der Waals surface area (Å²) in [5.41, 5.74) is 3.88. The lowest BCUT2D eigenvalue weighted by Crippen LogP contribution is -2.17. The number of furan rings is 1. The maximum absolute atomic E-state index is 12.6. The van der Waals surface area contributed by atoms with Gasteiger partial charge in [-0.1, -0.05) is 6.92 Å². The first-order chi connectivity index (χ1) is 14.5. The van der Waals surface area contributed by atoms with Crippen LogP contribution in [-0.2, 0) is 6.42 Å². The molecule has 4 rings (SSSR count). The summed E-state index contributed by atoms with van der Waals surface area (Å²) in [5, 5.41) is 11.4. The summed E-state index contributed by atoms with van der Waals surface area (Å²) in [6, 6.07) is 9.32. The number of carbonyl (C=O) groups is 1. The fourth-order valence-corrected chi connectivity index (χ4v) is 4.93. The van der Waals surface area contributed by atoms with Gasteiger partial charge in [0.15, 0.2) is 5.76 Å². The average molecular weight is 439 g/mol. The normalized spacial score (nSPS) is 12.0. The highest BCUT2D eigenvalue weighted by Gasteiger charge is 2.24. The van der Waals surface area contributed by atoms with Crippen LogP contribution >= 0.6 is 22.7 Å². The van der Waals surface area contributed by atoms with Gasteiger partial charge in [-0.15, -0.1) is 11.3 Å². The molecule has 4 aromatic rings. The molecule has 0 radical (unpaired) electrons. The van der Waals surface area contributed by atoms with Crippen LogP contribution in [0.1, 0.15) is 50.9 Å². The molecule has 1 atom stereocenters. The zero-order chi connectivity index (χ0) is 21.1. The fourth-order valence-electron chi connectivity index (χ4n) is 3.22. The number of anilines is 2. The highest BCUT2D eigenvalue weighted by molar-refractivity contribution is 7.16. The van der Waals surface area contributed by atoms with Crippen molar-refractivity contribution < 1.29 is 9.21 Å². The standard InChI is InChI=1S/C22H22N4O2S2/c1-4-16-11-17(21(30-16)26-20(27)18-6-5-8-28-18)19(15-7-9-29-12-15)25-22-23-13(2)10-14(3)24-22/h5-12,19H,4H2,1-3H3,(H,26,27)(H,23,24,25)/t19-/m0/s1. The summed E-state index contributed by atoms with van der Waals surface area (Å²) >= 11 is 3.21. The molecule has 154 valence electrons. The van der Waals surface area contributed by atoms with Crippen molar-refractivity contribution in [2.24, 2.45) is 0 Å². The molecular weight excluding hydrogens is 416 g/mol. The van der Waals surface area contributed by atoms with Gasteiger partial charge in [0, 0.05) is 21.8 Å². The molecule has 0 saturated heterocycles. The van der Waals surface area contributed by atoms with Gasteiger partial charge in [0.2, 0.25) is 5.95 Å². The number of aryl methyl sites for hydroxylation is 3. The molecular formula is C22H22N4O2S2. The second-order valence-electron chi connectivity index (χ2n) is 6.89. The van der Waals surface area contributed by atoms with Crippen molar-refractivity contribution in [1.82, 2.24) is 9.97 Å². The van der Waals surface area contributed by atoms with Gasteiger partial charge in [-0.05, 0) is 66.9 Å². The van der Waals surface area contributed by atoms with Crippen molar-refractivity contribution in [2.75, 3.05) is 10.6 Å². The Morgan fingerprint density at radius 1 is 1.20 bits per heavy atom. The van der Waals surface area contributed by atoms with Gasteiger partial charge in [-0.25, -0.2) is 9.97 Å². The summed E-state index contributed by atoms with van der Waals surface area (Å²) < 4.78 is 5.25. The van der Waals surface area contributed by atoms with E-state index in [-0.39, 0.29) is 17.7 Å². The first kappa shape index (κ1) is 20.3. The highest BCUT2D eigenvalue weighted by Crippen LogP contribution is 2.38. The van der Waals surface area contributed by atoms with E-state index in [0.29, 0.717) is 5.95 Å². The van der Waals surface area contributed by atoms with Crippen LogP contribution in [0, 0.1) is 13.8 Å². The van der Waals surface area contributed by atoms with E-state index < -0.39 is 0 Å². The van der Waals surface area contributed by atoms with E-state index in [1.54, 1.807) is 34.8 Å². The molecule has 0 spiro atoms. The van der Waals surface area contributed by atoms with Gasteiger partial charge < -0.3 is 15.1 Å². The number of thiophene rings is 2. The maximum atomic E-state index is 12.6. The molecule has 0 bridgehead atoms. The van der Waals surface area contributed by atoms with Crippen LogP contribution in [0.2, 0.25) is 0 Å². The fraction of sp³-hybridized carbons (Fsp3) is 0.227. The Labute approximate surface area is 183 Å². The lowest BCUT2D eigenvalue weighted by atomic mass is 10.0. The molecule has 6 nitrogen and oxygen atoms in total. The van der Waals surface area contributed by atoms with E-state index in [2.05, 4.69) is 45.0 Å². The summed E-state index contributed by atoms with van der Waals surface area (Å²) in [7, 11) is 0. The minimum Gasteiger partial charge on any atom is -0.459 e. The lowest BCUT2D eigenvalue weighted by molar-refractivity contribution is 0.0997. The Hall–Kier alpha value is -2.97. The van der Waals surface area contributed by atoms with Crippen molar-refractivity contribution >= 4 is 39.5 Å². The molecule has 0 aromatic carbocycles. The van der Waals surface area contributed by atoms with Crippen molar-refractivity contribution in [3.8, 4) is 0 Å². The van der Waals surface area contributed by atoms with Crippen molar-refractivity contribution in [3.05, 3.63) is 80.5 Å². The molecule has 0 aliphatic rings. The minimum absolute atomic E-state index is 0.194. The van der Waals surface area contributed by atoms with E-state index >= 15 is 0 Å². The lowest BCUT2D eigenvalue weighted by Gasteiger charge is -2.19. The molecule has 0 aliphatic heterocycles. The van der Waals surface area contributed by atoms with Gasteiger partial charge in [-0.3, -0.25) is 4.79 Å². The third-order valence-corrected chi connectivity index (χ3v) is 6.49. The Balaban J connectivity index is 1.73. The van der Waals surface area contributed by atoms with Crippen LogP contribution in [0.5, 0.6) is 0 Å². The van der Waals surface area contributed by atoms with E-state index in [0.717, 1.165) is 33.9 Å². The van der Waals surface area contributed by atoms with Gasteiger partial charge >= 0.3 is 0 Å². The van der Waals surface area contributed by atoms with Gasteiger partial charge in [0.05, 0.1) is 12.3 Å². The van der Waals surface area contributed by atoms with Crippen LogP contribution in [0.3, 0.4) is 0 Å². The predicted molar refractivity (Wildman–Crippen MR) is 122 cm³/mol. The second kappa shape index (κ2) is 8.81. The van der Waals surface area contributed by atoms with E-state index in [9.17, 15) is 4.79 Å². The summed E-state index contributed by atoms with van der Waals surface area (Å²) in [4.78, 5) is 22.9. The predicted octanol–water partition coefficient (Wildman–Crippen LogP) is 5.83. The number of hydrogen-bond donors (Lipinski definition) is 2. The molecule has 4 heterocycles. The van der Waals surface area contributed by atoms with E-state index in [1.165, 1.54) is 11.1 Å². The number of nitrogens with zero attached hydrogens (tertiary/aromatic N) is 2. The second-order valence-corrected chi connectivity index (χ2v) is 8.81. The van der Waals surface area contributed by atoms with Crippen LogP contribution in [0.4, 0.5) is 10.9 Å². The smallest absolute Gasteiger partial charge is 0.291 e. The zero-order valence-corrected chi connectivity index (χ0v) is 18.6. The Morgan fingerprint density at radius 3 is 2.63 bits per heavy atom. The van der Waals surface area contributed by atoms with E-state index in [1.807, 2.05) is 25.3 Å². The number of nitrogens with one attached hydrogen (secondary N) is 2. The molecule has 1 amide bonds. The summed E-state index contributed by atoms with van der Waals surface area (Å²) in [5.74, 6) is 0.582. The van der Waals surface area contributed by atoms with Crippen molar-refractivity contribution in [1.29, 1.82) is 0 Å². The number of rotatable bonds is 7. The Bertz CT molecular complexity index is 1110. The van der Waals surface area contributed by atoms with Crippen LogP contribution in [-0.4, -0.2) is 15.9 Å². The molecule has 0 fully saturated rings. The third-order valence-electron chi connectivity index (χ3n) is 4.58. The molecule has 2 N–H and O–H groups in total. The third kappa shape index (κ3) is 4.44. The van der Waals surface area contributed by atoms with Gasteiger partial charge in [0.25, 0.3) is 5.91 Å². The topological polar surface area (TPSA) is 80.0 Å². The molecule has 4 aromatic heterocycles. The van der Waals surface area contributed by atoms with Crippen LogP contribution < -0.4 is 10.6 Å². The SMILES string of the molecule is CCc1cc([C@@H](Nc2nc(C)cc(C)n2)c2ccsc2)c(NC(=O)c2ccco2)s1. The van der Waals surface area contributed by atoms with Gasteiger partial charge in [0.1, 0.15) is 5.00 Å². The highest BCUT2D eigenvalue weighted by atomic mass is 32.1. The number of aromatic nitrogens is 2. The maximum Gasteiger partial charge on any atom is 0.291 e. The molecule has 0 unspecified atom stereocenters. The average Bonchev–Trinajstić information content (AvgIpc) is 3.46. The first-order valence-electron chi connectivity index (χ1n) is 9.62. The Kier molecular flexibility index (Phi) is 5.96. The Morgan fingerprint density at radius 2 is 2.00 bits per heavy atom. The first-order valence-corrected chi connectivity index (χ1v) is 11.4. The monoisotopic (exact) mass is 438 g/mol. The summed E-state index contributed by atoms with van der Waals surface area (Å²) in [6.07, 6.45) is 2.37. The zero-order valence-electron chi connectivity index (χ0n) is 16.9.